The summed E-state index contributed by atoms with van der Waals surface area (Å²) >= 11 is 0. The van der Waals surface area contributed by atoms with Gasteiger partial charge in [0.25, 0.3) is 0 Å². The Bertz CT molecular complexity index is 620. The number of halogens is 1. The van der Waals surface area contributed by atoms with Crippen molar-refractivity contribution < 1.29 is 9.13 Å². The number of nitrogens with two attached hydrogens (primary N) is 1. The normalized spacial score (nSPS) is 9.95. The van der Waals surface area contributed by atoms with Crippen molar-refractivity contribution in [2.45, 2.75) is 13.2 Å². The van der Waals surface area contributed by atoms with Crippen LogP contribution in [0, 0.1) is 17.1 Å². The molecule has 2 aromatic carbocycles. The highest BCUT2D eigenvalue weighted by Gasteiger charge is 2.09. The van der Waals surface area contributed by atoms with Crippen molar-refractivity contribution >= 4 is 0 Å². The minimum Gasteiger partial charge on any atom is -0.488 e. The van der Waals surface area contributed by atoms with Crippen LogP contribution in [0.2, 0.25) is 0 Å². The Morgan fingerprint density at radius 3 is 2.58 bits per heavy atom. The molecular weight excluding hydrogens is 243 g/mol. The zero-order valence-electron chi connectivity index (χ0n) is 10.3. The molecule has 4 heteroatoms. The van der Waals surface area contributed by atoms with E-state index < -0.39 is 5.82 Å². The highest BCUT2D eigenvalue weighted by Crippen LogP contribution is 2.20. The third-order valence-corrected chi connectivity index (χ3v) is 2.77. The lowest BCUT2D eigenvalue weighted by Crippen LogP contribution is -2.04. The lowest BCUT2D eigenvalue weighted by atomic mass is 10.1. The Kier molecular flexibility index (Phi) is 4.11. The Balaban J connectivity index is 2.17. The average molecular weight is 256 g/mol. The van der Waals surface area contributed by atoms with Crippen molar-refractivity contribution in [3.63, 3.8) is 0 Å². The number of ether oxygens (including phenoxy) is 1. The van der Waals surface area contributed by atoms with Crippen molar-refractivity contribution in [3.05, 3.63) is 65.0 Å². The van der Waals surface area contributed by atoms with E-state index in [0.29, 0.717) is 17.9 Å². The van der Waals surface area contributed by atoms with E-state index in [0.717, 1.165) is 5.56 Å². The second-order valence-corrected chi connectivity index (χ2v) is 3.99. The van der Waals surface area contributed by atoms with Gasteiger partial charge in [0.2, 0.25) is 0 Å². The molecule has 0 heterocycles. The standard InChI is InChI=1S/C15H13FN2O/c16-15-12(9-18)5-3-6-13(15)10-19-14-7-2-1-4-11(14)8-17/h1-7H,8,10,17H2. The number of hydrogen-bond donors (Lipinski definition) is 1. The van der Waals surface area contributed by atoms with Gasteiger partial charge in [-0.25, -0.2) is 4.39 Å². The van der Waals surface area contributed by atoms with Crippen LogP contribution in [0.15, 0.2) is 42.5 Å². The molecule has 3 nitrogen and oxygen atoms in total. The molecule has 0 aromatic heterocycles. The average Bonchev–Trinajstić information content (AvgIpc) is 2.46. The molecular formula is C15H13FN2O. The predicted molar refractivity (Wildman–Crippen MR) is 69.8 cm³/mol. The van der Waals surface area contributed by atoms with Crippen LogP contribution in [0.25, 0.3) is 0 Å². The van der Waals surface area contributed by atoms with Gasteiger partial charge in [0.15, 0.2) is 0 Å². The Morgan fingerprint density at radius 2 is 1.84 bits per heavy atom. The summed E-state index contributed by atoms with van der Waals surface area (Å²) in [6, 6.07) is 13.8. The maximum Gasteiger partial charge on any atom is 0.147 e. The number of nitriles is 1. The third kappa shape index (κ3) is 2.90. The molecule has 2 aromatic rings. The summed E-state index contributed by atoms with van der Waals surface area (Å²) in [5.74, 6) is 0.0991. The van der Waals surface area contributed by atoms with Gasteiger partial charge < -0.3 is 10.5 Å². The monoisotopic (exact) mass is 256 g/mol. The van der Waals surface area contributed by atoms with E-state index in [-0.39, 0.29) is 12.2 Å². The number of hydrogen-bond acceptors (Lipinski definition) is 3. The zero-order chi connectivity index (χ0) is 13.7. The van der Waals surface area contributed by atoms with Crippen LogP contribution in [0.3, 0.4) is 0 Å². The van der Waals surface area contributed by atoms with E-state index in [1.165, 1.54) is 6.07 Å². The first-order valence-corrected chi connectivity index (χ1v) is 5.84. The molecule has 0 radical (unpaired) electrons. The fourth-order valence-electron chi connectivity index (χ4n) is 1.75. The summed E-state index contributed by atoms with van der Waals surface area (Å²) < 4.78 is 19.4. The first kappa shape index (κ1) is 13.1. The van der Waals surface area contributed by atoms with E-state index in [1.54, 1.807) is 24.3 Å². The number of para-hydroxylation sites is 1. The smallest absolute Gasteiger partial charge is 0.147 e. The molecule has 0 fully saturated rings. The van der Waals surface area contributed by atoms with Crippen LogP contribution < -0.4 is 10.5 Å². The van der Waals surface area contributed by atoms with Gasteiger partial charge in [-0.1, -0.05) is 30.3 Å². The maximum absolute atomic E-state index is 13.8. The van der Waals surface area contributed by atoms with Crippen LogP contribution in [-0.2, 0) is 13.2 Å². The van der Waals surface area contributed by atoms with Gasteiger partial charge in [-0.2, -0.15) is 5.26 Å². The van der Waals surface area contributed by atoms with E-state index in [9.17, 15) is 4.39 Å². The Morgan fingerprint density at radius 1 is 1.11 bits per heavy atom. The molecule has 0 spiro atoms. The molecule has 0 bridgehead atoms. The molecule has 0 unspecified atom stereocenters. The van der Waals surface area contributed by atoms with Gasteiger partial charge in [-0.3, -0.25) is 0 Å². The molecule has 2 N–H and O–H groups in total. The molecule has 0 saturated heterocycles. The second-order valence-electron chi connectivity index (χ2n) is 3.99. The Labute approximate surface area is 111 Å². The fourth-order valence-corrected chi connectivity index (χ4v) is 1.75. The summed E-state index contributed by atoms with van der Waals surface area (Å²) in [6.45, 7) is 0.426. The molecule has 0 aliphatic rings. The molecule has 0 aliphatic heterocycles. The van der Waals surface area contributed by atoms with E-state index >= 15 is 0 Å². The molecule has 0 saturated carbocycles. The molecule has 96 valence electrons. The summed E-state index contributed by atoms with van der Waals surface area (Å²) in [7, 11) is 0. The minimum absolute atomic E-state index is 0.0215. The van der Waals surface area contributed by atoms with Crippen LogP contribution in [0.5, 0.6) is 5.75 Å². The lowest BCUT2D eigenvalue weighted by Gasteiger charge is -2.11. The zero-order valence-corrected chi connectivity index (χ0v) is 10.3. The summed E-state index contributed by atoms with van der Waals surface area (Å²) in [6.07, 6.45) is 0. The van der Waals surface area contributed by atoms with Crippen LogP contribution >= 0.6 is 0 Å². The maximum atomic E-state index is 13.8. The van der Waals surface area contributed by atoms with Gasteiger partial charge in [-0.15, -0.1) is 0 Å². The quantitative estimate of drug-likeness (QED) is 0.915. The van der Waals surface area contributed by atoms with Crippen molar-refractivity contribution in [3.8, 4) is 11.8 Å². The van der Waals surface area contributed by atoms with Crippen molar-refractivity contribution in [1.82, 2.24) is 0 Å². The largest absolute Gasteiger partial charge is 0.488 e. The van der Waals surface area contributed by atoms with Crippen LogP contribution in [-0.4, -0.2) is 0 Å². The lowest BCUT2D eigenvalue weighted by molar-refractivity contribution is 0.296. The Hall–Kier alpha value is -2.38. The highest BCUT2D eigenvalue weighted by molar-refractivity contribution is 5.36. The van der Waals surface area contributed by atoms with Gasteiger partial charge in [0.05, 0.1) is 5.56 Å². The molecule has 2 rings (SSSR count). The molecule has 0 amide bonds. The van der Waals surface area contributed by atoms with Crippen molar-refractivity contribution in [2.75, 3.05) is 0 Å². The van der Waals surface area contributed by atoms with Gasteiger partial charge in [-0.05, 0) is 12.1 Å². The first-order chi connectivity index (χ1) is 9.26. The fraction of sp³-hybridized carbons (Fsp3) is 0.133. The van der Waals surface area contributed by atoms with Gasteiger partial charge in [0, 0.05) is 17.7 Å². The minimum atomic E-state index is -0.532. The SMILES string of the molecule is N#Cc1cccc(COc2ccccc2CN)c1F. The van der Waals surface area contributed by atoms with Crippen LogP contribution in [0.1, 0.15) is 16.7 Å². The topological polar surface area (TPSA) is 59.0 Å². The number of nitrogens with zero attached hydrogens (tertiary/aromatic N) is 1. The number of rotatable bonds is 4. The number of benzene rings is 2. The summed E-state index contributed by atoms with van der Waals surface area (Å²) in [5, 5.41) is 8.76. The summed E-state index contributed by atoms with van der Waals surface area (Å²) in [4.78, 5) is 0. The molecule has 0 atom stereocenters. The van der Waals surface area contributed by atoms with E-state index in [1.807, 2.05) is 18.2 Å². The van der Waals surface area contributed by atoms with Gasteiger partial charge in [0.1, 0.15) is 24.2 Å². The van der Waals surface area contributed by atoms with Crippen molar-refractivity contribution in [1.29, 1.82) is 5.26 Å². The van der Waals surface area contributed by atoms with E-state index in [2.05, 4.69) is 0 Å². The second kappa shape index (κ2) is 5.98. The highest BCUT2D eigenvalue weighted by atomic mass is 19.1. The van der Waals surface area contributed by atoms with E-state index in [4.69, 9.17) is 15.7 Å². The predicted octanol–water partition coefficient (Wildman–Crippen LogP) is 2.74. The molecule has 0 aliphatic carbocycles. The third-order valence-electron chi connectivity index (χ3n) is 2.77. The van der Waals surface area contributed by atoms with Gasteiger partial charge >= 0.3 is 0 Å². The molecule has 19 heavy (non-hydrogen) atoms. The van der Waals surface area contributed by atoms with Crippen LogP contribution in [0.4, 0.5) is 4.39 Å². The first-order valence-electron chi connectivity index (χ1n) is 5.84. The van der Waals surface area contributed by atoms with Crippen molar-refractivity contribution in [2.24, 2.45) is 5.73 Å². The summed E-state index contributed by atoms with van der Waals surface area (Å²) in [5.41, 5.74) is 6.83.